The normalized spacial score (nSPS) is 12.3. The molecule has 0 aliphatic rings. The van der Waals surface area contributed by atoms with E-state index >= 15 is 0 Å². The van der Waals surface area contributed by atoms with E-state index in [4.69, 9.17) is 23.2 Å². The van der Waals surface area contributed by atoms with E-state index in [-0.39, 0.29) is 16.0 Å². The van der Waals surface area contributed by atoms with Gasteiger partial charge < -0.3 is 4.57 Å². The van der Waals surface area contributed by atoms with Crippen LogP contribution in [0.3, 0.4) is 0 Å². The fourth-order valence-corrected chi connectivity index (χ4v) is 1.75. The van der Waals surface area contributed by atoms with Crippen molar-refractivity contribution >= 4 is 34.4 Å². The van der Waals surface area contributed by atoms with Crippen LogP contribution in [0, 0.1) is 0 Å². The van der Waals surface area contributed by atoms with Crippen molar-refractivity contribution in [3.8, 4) is 0 Å². The van der Waals surface area contributed by atoms with Crippen LogP contribution in [-0.2, 0) is 5.54 Å². The number of aromatic nitrogens is 4. The number of imidazole rings is 1. The molecule has 0 bridgehead atoms. The van der Waals surface area contributed by atoms with Crippen molar-refractivity contribution < 1.29 is 0 Å². The number of nitrogens with zero attached hydrogens (tertiary/aromatic N) is 4. The highest BCUT2D eigenvalue weighted by Gasteiger charge is 2.19. The molecule has 6 heteroatoms. The molecule has 4 nitrogen and oxygen atoms in total. The third-order valence-electron chi connectivity index (χ3n) is 2.05. The summed E-state index contributed by atoms with van der Waals surface area (Å²) in [5.41, 5.74) is 1.12. The SMILES string of the molecule is CC(C)(C)n1cnc2c(Cl)nc(Cl)nc21. The van der Waals surface area contributed by atoms with Crippen LogP contribution in [-0.4, -0.2) is 19.5 Å². The molecule has 0 saturated carbocycles. The summed E-state index contributed by atoms with van der Waals surface area (Å²) >= 11 is 11.7. The summed E-state index contributed by atoms with van der Waals surface area (Å²) in [4.78, 5) is 12.1. The predicted octanol–water partition coefficient (Wildman–Crippen LogP) is 2.89. The average Bonchev–Trinajstić information content (AvgIpc) is 2.45. The van der Waals surface area contributed by atoms with Gasteiger partial charge in [0, 0.05) is 5.54 Å². The highest BCUT2D eigenvalue weighted by molar-refractivity contribution is 6.35. The maximum atomic E-state index is 5.91. The summed E-state index contributed by atoms with van der Waals surface area (Å²) < 4.78 is 1.92. The first kappa shape index (κ1) is 10.6. The van der Waals surface area contributed by atoms with Crippen LogP contribution < -0.4 is 0 Å². The lowest BCUT2D eigenvalue weighted by Gasteiger charge is -2.20. The van der Waals surface area contributed by atoms with Gasteiger partial charge in [-0.2, -0.15) is 4.98 Å². The topological polar surface area (TPSA) is 43.6 Å². The number of rotatable bonds is 0. The van der Waals surface area contributed by atoms with Gasteiger partial charge in [0.25, 0.3) is 0 Å². The van der Waals surface area contributed by atoms with Gasteiger partial charge in [0.2, 0.25) is 5.28 Å². The van der Waals surface area contributed by atoms with Gasteiger partial charge in [0.05, 0.1) is 6.33 Å². The Bertz CT molecular complexity index is 513. The van der Waals surface area contributed by atoms with Crippen molar-refractivity contribution in [3.63, 3.8) is 0 Å². The van der Waals surface area contributed by atoms with E-state index in [0.717, 1.165) is 0 Å². The Morgan fingerprint density at radius 1 is 1.20 bits per heavy atom. The molecule has 2 aromatic rings. The highest BCUT2D eigenvalue weighted by atomic mass is 35.5. The monoisotopic (exact) mass is 244 g/mol. The summed E-state index contributed by atoms with van der Waals surface area (Å²) in [7, 11) is 0. The maximum Gasteiger partial charge on any atom is 0.225 e. The van der Waals surface area contributed by atoms with Crippen molar-refractivity contribution in [3.05, 3.63) is 16.8 Å². The summed E-state index contributed by atoms with van der Waals surface area (Å²) in [5, 5.41) is 0.423. The van der Waals surface area contributed by atoms with E-state index in [1.807, 2.05) is 4.57 Å². The molecule has 0 atom stereocenters. The fraction of sp³-hybridized carbons (Fsp3) is 0.444. The zero-order chi connectivity index (χ0) is 11.2. The Hall–Kier alpha value is -0.870. The first-order valence-electron chi connectivity index (χ1n) is 4.46. The van der Waals surface area contributed by atoms with E-state index in [9.17, 15) is 0 Å². The van der Waals surface area contributed by atoms with Crippen molar-refractivity contribution in [2.45, 2.75) is 26.3 Å². The Kier molecular flexibility index (Phi) is 2.35. The Balaban J connectivity index is 2.80. The second-order valence-electron chi connectivity index (χ2n) is 4.24. The lowest BCUT2D eigenvalue weighted by atomic mass is 10.1. The van der Waals surface area contributed by atoms with Crippen molar-refractivity contribution in [1.82, 2.24) is 19.5 Å². The van der Waals surface area contributed by atoms with E-state index in [2.05, 4.69) is 35.7 Å². The number of halogens is 2. The van der Waals surface area contributed by atoms with Gasteiger partial charge >= 0.3 is 0 Å². The lowest BCUT2D eigenvalue weighted by molar-refractivity contribution is 0.406. The predicted molar refractivity (Wildman–Crippen MR) is 60.3 cm³/mol. The first-order valence-corrected chi connectivity index (χ1v) is 5.22. The van der Waals surface area contributed by atoms with E-state index in [0.29, 0.717) is 11.2 Å². The molecule has 0 saturated heterocycles. The minimum atomic E-state index is -0.115. The quantitative estimate of drug-likeness (QED) is 0.529. The summed E-state index contributed by atoms with van der Waals surface area (Å²) in [5.74, 6) is 0. The molecule has 80 valence electrons. The van der Waals surface area contributed by atoms with Gasteiger partial charge in [-0.15, -0.1) is 0 Å². The average molecular weight is 245 g/mol. The molecule has 2 heterocycles. The Labute approximate surface area is 97.3 Å². The molecule has 0 spiro atoms. The highest BCUT2D eigenvalue weighted by Crippen LogP contribution is 2.25. The minimum Gasteiger partial charge on any atom is -0.310 e. The van der Waals surface area contributed by atoms with Crippen LogP contribution in [0.2, 0.25) is 10.4 Å². The van der Waals surface area contributed by atoms with Gasteiger partial charge in [0.15, 0.2) is 10.8 Å². The van der Waals surface area contributed by atoms with Crippen LogP contribution in [0.15, 0.2) is 6.33 Å². The first-order chi connectivity index (χ1) is 6.89. The third-order valence-corrected chi connectivity index (χ3v) is 2.48. The van der Waals surface area contributed by atoms with Crippen LogP contribution in [0.25, 0.3) is 11.2 Å². The van der Waals surface area contributed by atoms with E-state index in [1.165, 1.54) is 0 Å². The van der Waals surface area contributed by atoms with Gasteiger partial charge in [0.1, 0.15) is 5.52 Å². The molecule has 0 aliphatic heterocycles. The van der Waals surface area contributed by atoms with Gasteiger partial charge in [-0.3, -0.25) is 0 Å². The molecule has 0 amide bonds. The summed E-state index contributed by atoms with van der Waals surface area (Å²) in [6.45, 7) is 6.16. The molecule has 0 aliphatic carbocycles. The fourth-order valence-electron chi connectivity index (χ4n) is 1.33. The second-order valence-corrected chi connectivity index (χ2v) is 4.94. The molecule has 0 fully saturated rings. The molecular weight excluding hydrogens is 235 g/mol. The molecule has 0 N–H and O–H groups in total. The zero-order valence-corrected chi connectivity index (χ0v) is 10.1. The largest absolute Gasteiger partial charge is 0.310 e. The number of fused-ring (bicyclic) bond motifs is 1. The van der Waals surface area contributed by atoms with Crippen LogP contribution in [0.5, 0.6) is 0 Å². The molecule has 0 unspecified atom stereocenters. The zero-order valence-electron chi connectivity index (χ0n) is 8.62. The van der Waals surface area contributed by atoms with E-state index < -0.39 is 0 Å². The number of hydrogen-bond donors (Lipinski definition) is 0. The third kappa shape index (κ3) is 1.79. The van der Waals surface area contributed by atoms with Crippen LogP contribution in [0.4, 0.5) is 0 Å². The molecule has 2 rings (SSSR count). The minimum absolute atomic E-state index is 0.115. The van der Waals surface area contributed by atoms with Crippen molar-refractivity contribution in [2.75, 3.05) is 0 Å². The molecule has 2 aromatic heterocycles. The molecule has 0 radical (unpaired) electrons. The van der Waals surface area contributed by atoms with Crippen LogP contribution >= 0.6 is 23.2 Å². The standard InChI is InChI=1S/C9H10Cl2N4/c1-9(2,3)15-4-12-5-6(10)13-8(11)14-7(5)15/h4H,1-3H3. The van der Waals surface area contributed by atoms with Gasteiger partial charge in [-0.25, -0.2) is 9.97 Å². The van der Waals surface area contributed by atoms with Crippen LogP contribution in [0.1, 0.15) is 20.8 Å². The smallest absolute Gasteiger partial charge is 0.225 e. The van der Waals surface area contributed by atoms with Gasteiger partial charge in [-0.1, -0.05) is 11.6 Å². The summed E-state index contributed by atoms with van der Waals surface area (Å²) in [6.07, 6.45) is 1.70. The molecular formula is C9H10Cl2N4. The van der Waals surface area contributed by atoms with Gasteiger partial charge in [-0.05, 0) is 32.4 Å². The Morgan fingerprint density at radius 3 is 2.47 bits per heavy atom. The molecule has 15 heavy (non-hydrogen) atoms. The van der Waals surface area contributed by atoms with Crippen molar-refractivity contribution in [2.24, 2.45) is 0 Å². The summed E-state index contributed by atoms with van der Waals surface area (Å²) in [6, 6.07) is 0. The molecule has 0 aromatic carbocycles. The number of hydrogen-bond acceptors (Lipinski definition) is 3. The van der Waals surface area contributed by atoms with Crippen molar-refractivity contribution in [1.29, 1.82) is 0 Å². The lowest BCUT2D eigenvalue weighted by Crippen LogP contribution is -2.21. The second kappa shape index (κ2) is 3.32. The Morgan fingerprint density at radius 2 is 1.87 bits per heavy atom. The maximum absolute atomic E-state index is 5.91. The van der Waals surface area contributed by atoms with E-state index in [1.54, 1.807) is 6.33 Å².